The van der Waals surface area contributed by atoms with E-state index in [2.05, 4.69) is 5.10 Å². The predicted molar refractivity (Wildman–Crippen MR) is 74.7 cm³/mol. The van der Waals surface area contributed by atoms with Gasteiger partial charge in [-0.05, 0) is 37.0 Å². The third-order valence-electron chi connectivity index (χ3n) is 3.79. The fourth-order valence-electron chi connectivity index (χ4n) is 2.74. The summed E-state index contributed by atoms with van der Waals surface area (Å²) < 4.78 is 40.1. The van der Waals surface area contributed by atoms with Crippen molar-refractivity contribution in [2.45, 2.75) is 31.5 Å². The maximum absolute atomic E-state index is 13.1. The SMILES string of the molecule is NC1CCCc2cc(=O)n(-c3ccccc3C(F)(F)F)nc21. The van der Waals surface area contributed by atoms with Crippen molar-refractivity contribution in [3.8, 4) is 5.69 Å². The van der Waals surface area contributed by atoms with E-state index in [0.717, 1.165) is 22.7 Å². The number of alkyl halides is 3. The van der Waals surface area contributed by atoms with E-state index in [-0.39, 0.29) is 11.7 Å². The average molecular weight is 309 g/mol. The Balaban J connectivity index is 2.22. The number of fused-ring (bicyclic) bond motifs is 1. The van der Waals surface area contributed by atoms with E-state index in [0.29, 0.717) is 18.5 Å². The number of rotatable bonds is 1. The summed E-state index contributed by atoms with van der Waals surface area (Å²) in [4.78, 5) is 12.2. The highest BCUT2D eigenvalue weighted by Gasteiger charge is 2.34. The van der Waals surface area contributed by atoms with Crippen LogP contribution in [-0.2, 0) is 12.6 Å². The van der Waals surface area contributed by atoms with Gasteiger partial charge < -0.3 is 5.73 Å². The molecule has 22 heavy (non-hydrogen) atoms. The number of halogens is 3. The summed E-state index contributed by atoms with van der Waals surface area (Å²) in [6.45, 7) is 0. The van der Waals surface area contributed by atoms with E-state index in [9.17, 15) is 18.0 Å². The Bertz CT molecular complexity index is 767. The molecule has 116 valence electrons. The zero-order valence-corrected chi connectivity index (χ0v) is 11.6. The summed E-state index contributed by atoms with van der Waals surface area (Å²) in [7, 11) is 0. The van der Waals surface area contributed by atoms with Gasteiger partial charge in [0.15, 0.2) is 0 Å². The number of aryl methyl sites for hydroxylation is 1. The summed E-state index contributed by atoms with van der Waals surface area (Å²) in [5.74, 6) is 0. The van der Waals surface area contributed by atoms with Gasteiger partial charge in [-0.15, -0.1) is 0 Å². The van der Waals surface area contributed by atoms with E-state index in [1.54, 1.807) is 0 Å². The van der Waals surface area contributed by atoms with Crippen LogP contribution in [0.1, 0.15) is 35.7 Å². The lowest BCUT2D eigenvalue weighted by Gasteiger charge is -2.22. The molecule has 0 radical (unpaired) electrons. The molecule has 0 saturated carbocycles. The number of nitrogens with two attached hydrogens (primary N) is 1. The smallest absolute Gasteiger partial charge is 0.323 e. The van der Waals surface area contributed by atoms with E-state index < -0.39 is 17.3 Å². The highest BCUT2D eigenvalue weighted by atomic mass is 19.4. The fourth-order valence-corrected chi connectivity index (χ4v) is 2.74. The molecule has 1 aromatic heterocycles. The van der Waals surface area contributed by atoms with E-state index >= 15 is 0 Å². The van der Waals surface area contributed by atoms with Crippen LogP contribution in [0.3, 0.4) is 0 Å². The van der Waals surface area contributed by atoms with Gasteiger partial charge in [-0.3, -0.25) is 4.79 Å². The number of benzene rings is 1. The van der Waals surface area contributed by atoms with Crippen molar-refractivity contribution < 1.29 is 13.2 Å². The van der Waals surface area contributed by atoms with E-state index in [4.69, 9.17) is 5.73 Å². The Morgan fingerprint density at radius 2 is 2.00 bits per heavy atom. The normalized spacial score (nSPS) is 18.1. The fraction of sp³-hybridized carbons (Fsp3) is 0.333. The van der Waals surface area contributed by atoms with Gasteiger partial charge in [0.1, 0.15) is 0 Å². The average Bonchev–Trinajstić information content (AvgIpc) is 2.46. The quantitative estimate of drug-likeness (QED) is 0.881. The third-order valence-corrected chi connectivity index (χ3v) is 3.79. The van der Waals surface area contributed by atoms with Crippen LogP contribution in [0.5, 0.6) is 0 Å². The molecule has 0 fully saturated rings. The lowest BCUT2D eigenvalue weighted by molar-refractivity contribution is -0.137. The lowest BCUT2D eigenvalue weighted by atomic mass is 9.93. The van der Waals surface area contributed by atoms with Crippen molar-refractivity contribution in [3.63, 3.8) is 0 Å². The van der Waals surface area contributed by atoms with Crippen LogP contribution < -0.4 is 11.3 Å². The topological polar surface area (TPSA) is 60.9 Å². The lowest BCUT2D eigenvalue weighted by Crippen LogP contribution is -2.30. The highest BCUT2D eigenvalue weighted by molar-refractivity contribution is 5.42. The second-order valence-electron chi connectivity index (χ2n) is 5.32. The highest BCUT2D eigenvalue weighted by Crippen LogP contribution is 2.33. The summed E-state index contributed by atoms with van der Waals surface area (Å²) in [5, 5.41) is 4.12. The van der Waals surface area contributed by atoms with Crippen LogP contribution in [0, 0.1) is 0 Å². The van der Waals surface area contributed by atoms with Gasteiger partial charge >= 0.3 is 6.18 Å². The van der Waals surface area contributed by atoms with E-state index in [1.165, 1.54) is 24.3 Å². The Morgan fingerprint density at radius 1 is 1.27 bits per heavy atom. The molecule has 2 N–H and O–H groups in total. The molecule has 0 bridgehead atoms. The molecule has 1 aliphatic rings. The molecule has 1 atom stereocenters. The number of aromatic nitrogens is 2. The first kappa shape index (κ1) is 14.8. The molecule has 1 aromatic carbocycles. The number of nitrogens with zero attached hydrogens (tertiary/aromatic N) is 2. The molecule has 1 heterocycles. The zero-order valence-electron chi connectivity index (χ0n) is 11.6. The summed E-state index contributed by atoms with van der Waals surface area (Å²) in [6.07, 6.45) is -2.33. The van der Waals surface area contributed by atoms with Crippen LogP contribution in [0.4, 0.5) is 13.2 Å². The van der Waals surface area contributed by atoms with Crippen LogP contribution in [0.2, 0.25) is 0 Å². The Hall–Kier alpha value is -2.15. The van der Waals surface area contributed by atoms with Crippen LogP contribution in [0.15, 0.2) is 35.1 Å². The van der Waals surface area contributed by atoms with Gasteiger partial charge in [-0.2, -0.15) is 23.0 Å². The van der Waals surface area contributed by atoms with Crippen molar-refractivity contribution in [2.24, 2.45) is 5.73 Å². The zero-order chi connectivity index (χ0) is 15.9. The molecule has 2 aromatic rings. The minimum Gasteiger partial charge on any atom is -0.323 e. The van der Waals surface area contributed by atoms with Crippen molar-refractivity contribution in [1.29, 1.82) is 0 Å². The van der Waals surface area contributed by atoms with Crippen LogP contribution >= 0.6 is 0 Å². The van der Waals surface area contributed by atoms with Gasteiger partial charge in [0.25, 0.3) is 5.56 Å². The van der Waals surface area contributed by atoms with Gasteiger partial charge in [-0.25, -0.2) is 0 Å². The molecular weight excluding hydrogens is 295 g/mol. The molecule has 1 aliphatic carbocycles. The van der Waals surface area contributed by atoms with Crippen molar-refractivity contribution >= 4 is 0 Å². The van der Waals surface area contributed by atoms with Crippen LogP contribution in [-0.4, -0.2) is 9.78 Å². The second-order valence-corrected chi connectivity index (χ2v) is 5.32. The predicted octanol–water partition coefficient (Wildman–Crippen LogP) is 2.59. The summed E-state index contributed by atoms with van der Waals surface area (Å²) in [5.41, 5.74) is 5.45. The van der Waals surface area contributed by atoms with Gasteiger partial charge in [0.05, 0.1) is 16.9 Å². The number of hydrogen-bond acceptors (Lipinski definition) is 3. The van der Waals surface area contributed by atoms with Gasteiger partial charge in [-0.1, -0.05) is 12.1 Å². The standard InChI is InChI=1S/C15H14F3N3O/c16-15(17,18)10-5-1-2-7-12(10)21-13(22)8-9-4-3-6-11(19)14(9)20-21/h1-2,5,7-8,11H,3-4,6,19H2. The molecule has 7 heteroatoms. The second kappa shape index (κ2) is 5.24. The monoisotopic (exact) mass is 309 g/mol. The molecule has 0 aliphatic heterocycles. The first-order chi connectivity index (χ1) is 10.4. The molecule has 0 spiro atoms. The molecule has 0 saturated heterocycles. The largest absolute Gasteiger partial charge is 0.418 e. The van der Waals surface area contributed by atoms with Gasteiger partial charge in [0, 0.05) is 12.1 Å². The number of hydrogen-bond donors (Lipinski definition) is 1. The van der Waals surface area contributed by atoms with Crippen molar-refractivity contribution in [2.75, 3.05) is 0 Å². The summed E-state index contributed by atoms with van der Waals surface area (Å²) >= 11 is 0. The molecule has 0 amide bonds. The van der Waals surface area contributed by atoms with Gasteiger partial charge in [0.2, 0.25) is 0 Å². The van der Waals surface area contributed by atoms with Crippen LogP contribution in [0.25, 0.3) is 5.69 Å². The Morgan fingerprint density at radius 3 is 2.73 bits per heavy atom. The maximum atomic E-state index is 13.1. The first-order valence-electron chi connectivity index (χ1n) is 6.93. The third kappa shape index (κ3) is 2.52. The van der Waals surface area contributed by atoms with Crippen molar-refractivity contribution in [3.05, 3.63) is 57.5 Å². The molecule has 1 unspecified atom stereocenters. The Labute approximate surface area is 124 Å². The minimum atomic E-state index is -4.56. The number of para-hydroxylation sites is 1. The molecule has 3 rings (SSSR count). The summed E-state index contributed by atoms with van der Waals surface area (Å²) in [6, 6.07) is 5.88. The van der Waals surface area contributed by atoms with Crippen molar-refractivity contribution in [1.82, 2.24) is 9.78 Å². The first-order valence-corrected chi connectivity index (χ1v) is 6.93. The Kier molecular flexibility index (Phi) is 3.52. The molecule has 4 nitrogen and oxygen atoms in total. The maximum Gasteiger partial charge on any atom is 0.418 e. The van der Waals surface area contributed by atoms with E-state index in [1.807, 2.05) is 0 Å². The molecular formula is C15H14F3N3O. The minimum absolute atomic E-state index is 0.277.